The first-order chi connectivity index (χ1) is 10.5. The third-order valence-electron chi connectivity index (χ3n) is 3.38. The maximum absolute atomic E-state index is 12.1. The number of aliphatic hydroxyl groups is 2. The Kier molecular flexibility index (Phi) is 5.54. The third-order valence-corrected chi connectivity index (χ3v) is 3.38. The molecule has 1 atom stereocenters. The van der Waals surface area contributed by atoms with E-state index in [2.05, 4.69) is 4.98 Å². The molecule has 0 bridgehead atoms. The number of pyridine rings is 1. The van der Waals surface area contributed by atoms with Crippen molar-refractivity contribution < 1.29 is 14.9 Å². The lowest BCUT2D eigenvalue weighted by atomic mass is 10.1. The summed E-state index contributed by atoms with van der Waals surface area (Å²) < 4.78 is 5.47. The van der Waals surface area contributed by atoms with Crippen LogP contribution in [0, 0.1) is 0 Å². The van der Waals surface area contributed by atoms with Gasteiger partial charge in [0.05, 0.1) is 19.3 Å². The summed E-state index contributed by atoms with van der Waals surface area (Å²) in [5.74, 6) is 0.761. The first kappa shape index (κ1) is 16.5. The lowest BCUT2D eigenvalue weighted by Crippen LogP contribution is -2.32. The predicted octanol–water partition coefficient (Wildman–Crippen LogP) is 0.712. The lowest BCUT2D eigenvalue weighted by Gasteiger charge is -2.19. The van der Waals surface area contributed by atoms with Crippen LogP contribution in [0.4, 0.5) is 0 Å². The Bertz CT molecular complexity index is 683. The van der Waals surface area contributed by atoms with Crippen molar-refractivity contribution in [1.82, 2.24) is 9.88 Å². The fourth-order valence-corrected chi connectivity index (χ4v) is 2.38. The Balaban J connectivity index is 2.25. The molecule has 2 aromatic rings. The van der Waals surface area contributed by atoms with Crippen molar-refractivity contribution in [2.24, 2.45) is 0 Å². The van der Waals surface area contributed by atoms with Crippen LogP contribution in [0.25, 0.3) is 10.9 Å². The Morgan fingerprint density at radius 1 is 1.36 bits per heavy atom. The average molecular weight is 306 g/mol. The summed E-state index contributed by atoms with van der Waals surface area (Å²) in [5, 5.41) is 19.2. The molecule has 6 nitrogen and oxygen atoms in total. The van der Waals surface area contributed by atoms with Crippen molar-refractivity contribution in [2.45, 2.75) is 19.6 Å². The second-order valence-electron chi connectivity index (χ2n) is 5.34. The summed E-state index contributed by atoms with van der Waals surface area (Å²) >= 11 is 0. The standard InChI is InChI=1S/C16H22N2O4/c1-3-22-14-4-5-15-11(7-14)6-12(16(21)17-15)8-18(2)9-13(20)10-19/h4-7,13,19-20H,3,8-10H2,1-2H3,(H,17,21). The topological polar surface area (TPSA) is 85.8 Å². The predicted molar refractivity (Wildman–Crippen MR) is 85.2 cm³/mol. The maximum atomic E-state index is 12.1. The molecule has 1 aromatic heterocycles. The van der Waals surface area contributed by atoms with E-state index in [0.717, 1.165) is 16.7 Å². The molecule has 1 unspecified atom stereocenters. The molecule has 120 valence electrons. The van der Waals surface area contributed by atoms with Gasteiger partial charge in [-0.15, -0.1) is 0 Å². The smallest absolute Gasteiger partial charge is 0.252 e. The summed E-state index contributed by atoms with van der Waals surface area (Å²) in [4.78, 5) is 16.8. The third kappa shape index (κ3) is 4.07. The van der Waals surface area contributed by atoms with Gasteiger partial charge < -0.3 is 19.9 Å². The largest absolute Gasteiger partial charge is 0.494 e. The number of aliphatic hydroxyl groups excluding tert-OH is 2. The second kappa shape index (κ2) is 7.40. The minimum atomic E-state index is -0.811. The van der Waals surface area contributed by atoms with Crippen molar-refractivity contribution in [1.29, 1.82) is 0 Å². The molecule has 1 heterocycles. The van der Waals surface area contributed by atoms with E-state index in [-0.39, 0.29) is 12.2 Å². The zero-order valence-electron chi connectivity index (χ0n) is 12.9. The fraction of sp³-hybridized carbons (Fsp3) is 0.438. The van der Waals surface area contributed by atoms with Gasteiger partial charge in [0.25, 0.3) is 5.56 Å². The van der Waals surface area contributed by atoms with Gasteiger partial charge in [-0.05, 0) is 38.2 Å². The highest BCUT2D eigenvalue weighted by Gasteiger charge is 2.10. The Morgan fingerprint density at radius 3 is 2.82 bits per heavy atom. The molecule has 0 saturated carbocycles. The van der Waals surface area contributed by atoms with Crippen LogP contribution in [-0.4, -0.2) is 53.0 Å². The van der Waals surface area contributed by atoms with Crippen molar-refractivity contribution >= 4 is 10.9 Å². The van der Waals surface area contributed by atoms with Crippen LogP contribution in [0.15, 0.2) is 29.1 Å². The van der Waals surface area contributed by atoms with E-state index in [4.69, 9.17) is 9.84 Å². The number of fused-ring (bicyclic) bond motifs is 1. The zero-order chi connectivity index (χ0) is 16.1. The van der Waals surface area contributed by atoms with Crippen molar-refractivity contribution in [2.75, 3.05) is 26.8 Å². The minimum Gasteiger partial charge on any atom is -0.494 e. The number of rotatable bonds is 7. The average Bonchev–Trinajstić information content (AvgIpc) is 2.48. The Morgan fingerprint density at radius 2 is 2.14 bits per heavy atom. The van der Waals surface area contributed by atoms with E-state index in [0.29, 0.717) is 25.3 Å². The fourth-order valence-electron chi connectivity index (χ4n) is 2.38. The number of nitrogens with one attached hydrogen (secondary N) is 1. The molecule has 0 spiro atoms. The number of ether oxygens (including phenoxy) is 1. The number of aromatic amines is 1. The monoisotopic (exact) mass is 306 g/mol. The number of nitrogens with zero attached hydrogens (tertiary/aromatic N) is 1. The van der Waals surface area contributed by atoms with Gasteiger partial charge in [-0.25, -0.2) is 0 Å². The minimum absolute atomic E-state index is 0.151. The first-order valence-corrected chi connectivity index (χ1v) is 7.29. The summed E-state index contributed by atoms with van der Waals surface area (Å²) in [5.41, 5.74) is 1.21. The molecular weight excluding hydrogens is 284 g/mol. The van der Waals surface area contributed by atoms with Crippen LogP contribution in [0.1, 0.15) is 12.5 Å². The molecular formula is C16H22N2O4. The van der Waals surface area contributed by atoms with Crippen LogP contribution in [0.2, 0.25) is 0 Å². The maximum Gasteiger partial charge on any atom is 0.252 e. The molecule has 0 amide bonds. The van der Waals surface area contributed by atoms with Crippen LogP contribution in [0.3, 0.4) is 0 Å². The van der Waals surface area contributed by atoms with E-state index >= 15 is 0 Å². The Hall–Kier alpha value is -1.89. The molecule has 6 heteroatoms. The molecule has 1 aromatic carbocycles. The van der Waals surface area contributed by atoms with Gasteiger partial charge in [0.1, 0.15) is 5.75 Å². The van der Waals surface area contributed by atoms with Gasteiger partial charge in [-0.2, -0.15) is 0 Å². The highest BCUT2D eigenvalue weighted by molar-refractivity contribution is 5.80. The summed E-state index contributed by atoms with van der Waals surface area (Å²) in [6.45, 7) is 2.90. The molecule has 0 aliphatic heterocycles. The molecule has 0 fully saturated rings. The molecule has 2 rings (SSSR count). The molecule has 22 heavy (non-hydrogen) atoms. The van der Waals surface area contributed by atoms with Crippen molar-refractivity contribution in [3.05, 3.63) is 40.2 Å². The summed E-state index contributed by atoms with van der Waals surface area (Å²) in [6, 6.07) is 7.37. The van der Waals surface area contributed by atoms with Gasteiger partial charge in [0, 0.05) is 29.6 Å². The van der Waals surface area contributed by atoms with Crippen LogP contribution < -0.4 is 10.3 Å². The van der Waals surface area contributed by atoms with E-state index in [1.54, 1.807) is 11.9 Å². The number of benzene rings is 1. The first-order valence-electron chi connectivity index (χ1n) is 7.29. The van der Waals surface area contributed by atoms with Gasteiger partial charge >= 0.3 is 0 Å². The number of likely N-dealkylation sites (N-methyl/N-ethyl adjacent to an activating group) is 1. The molecule has 0 aliphatic carbocycles. The number of H-pyrrole nitrogens is 1. The summed E-state index contributed by atoms with van der Waals surface area (Å²) in [6.07, 6.45) is -0.811. The van der Waals surface area contributed by atoms with Crippen LogP contribution in [0.5, 0.6) is 5.75 Å². The van der Waals surface area contributed by atoms with Gasteiger partial charge in [0.15, 0.2) is 0 Å². The van der Waals surface area contributed by atoms with Crippen LogP contribution >= 0.6 is 0 Å². The zero-order valence-corrected chi connectivity index (χ0v) is 12.9. The molecule has 0 radical (unpaired) electrons. The SMILES string of the molecule is CCOc1ccc2[nH]c(=O)c(CN(C)CC(O)CO)cc2c1. The second-order valence-corrected chi connectivity index (χ2v) is 5.34. The van der Waals surface area contributed by atoms with E-state index in [1.807, 2.05) is 31.2 Å². The van der Waals surface area contributed by atoms with E-state index in [9.17, 15) is 9.90 Å². The number of aromatic nitrogens is 1. The summed E-state index contributed by atoms with van der Waals surface area (Å²) in [7, 11) is 1.79. The number of hydrogen-bond acceptors (Lipinski definition) is 5. The van der Waals surface area contributed by atoms with E-state index < -0.39 is 6.10 Å². The lowest BCUT2D eigenvalue weighted by molar-refractivity contribution is 0.0647. The molecule has 3 N–H and O–H groups in total. The van der Waals surface area contributed by atoms with Crippen LogP contribution in [-0.2, 0) is 6.54 Å². The van der Waals surface area contributed by atoms with Gasteiger partial charge in [0.2, 0.25) is 0 Å². The number of hydrogen-bond donors (Lipinski definition) is 3. The molecule has 0 aliphatic rings. The Labute approximate surface area is 129 Å². The normalized spacial score (nSPS) is 12.8. The highest BCUT2D eigenvalue weighted by Crippen LogP contribution is 2.19. The van der Waals surface area contributed by atoms with Gasteiger partial charge in [-0.3, -0.25) is 9.69 Å². The van der Waals surface area contributed by atoms with Crippen molar-refractivity contribution in [3.8, 4) is 5.75 Å². The van der Waals surface area contributed by atoms with Gasteiger partial charge in [-0.1, -0.05) is 0 Å². The van der Waals surface area contributed by atoms with E-state index in [1.165, 1.54) is 0 Å². The highest BCUT2D eigenvalue weighted by atomic mass is 16.5. The quantitative estimate of drug-likeness (QED) is 0.701. The molecule has 0 saturated heterocycles. The van der Waals surface area contributed by atoms with Crippen molar-refractivity contribution in [3.63, 3.8) is 0 Å².